The number of aromatic nitrogens is 1. The van der Waals surface area contributed by atoms with Crippen molar-refractivity contribution in [1.82, 2.24) is 10.3 Å². The van der Waals surface area contributed by atoms with Crippen molar-refractivity contribution in [2.75, 3.05) is 6.61 Å². The molecule has 7 heteroatoms. The number of H-pyrrole nitrogens is 1. The van der Waals surface area contributed by atoms with E-state index in [1.807, 2.05) is 12.1 Å². The van der Waals surface area contributed by atoms with E-state index >= 15 is 0 Å². The quantitative estimate of drug-likeness (QED) is 0.447. The normalized spacial score (nSPS) is 12.2. The fraction of sp³-hybridized carbons (Fsp3) is 0.353. The monoisotopic (exact) mass is 394 g/mol. The molecule has 1 unspecified atom stereocenters. The van der Waals surface area contributed by atoms with Crippen LogP contribution in [0.25, 0.3) is 10.9 Å². The number of halogens is 1. The highest BCUT2D eigenvalue weighted by molar-refractivity contribution is 9.10. The third kappa shape index (κ3) is 3.84. The van der Waals surface area contributed by atoms with Gasteiger partial charge in [-0.3, -0.25) is 9.59 Å². The summed E-state index contributed by atoms with van der Waals surface area (Å²) in [5.41, 5.74) is 1.01. The lowest BCUT2D eigenvalue weighted by atomic mass is 10.0. The number of ketones is 1. The van der Waals surface area contributed by atoms with Gasteiger partial charge in [-0.15, -0.1) is 0 Å². The average molecular weight is 395 g/mol. The van der Waals surface area contributed by atoms with Crippen molar-refractivity contribution in [3.63, 3.8) is 0 Å². The first kappa shape index (κ1) is 18.2. The van der Waals surface area contributed by atoms with Crippen LogP contribution in [0.3, 0.4) is 0 Å². The van der Waals surface area contributed by atoms with Crippen LogP contribution in [0.5, 0.6) is 0 Å². The summed E-state index contributed by atoms with van der Waals surface area (Å²) in [6, 6.07) is 4.54. The molecule has 0 aliphatic rings. The second-order valence-electron chi connectivity index (χ2n) is 5.67. The number of benzene rings is 1. The minimum absolute atomic E-state index is 0.196. The molecule has 1 aromatic heterocycles. The number of esters is 1. The number of carbonyl (C=O) groups excluding carboxylic acids is 3. The summed E-state index contributed by atoms with van der Waals surface area (Å²) in [5.74, 6) is -2.27. The minimum Gasteiger partial charge on any atom is -0.464 e. The summed E-state index contributed by atoms with van der Waals surface area (Å²) in [7, 11) is 0. The number of fused-ring (bicyclic) bond motifs is 1. The first-order chi connectivity index (χ1) is 11.3. The van der Waals surface area contributed by atoms with E-state index in [1.165, 1.54) is 6.20 Å². The van der Waals surface area contributed by atoms with Gasteiger partial charge in [-0.25, -0.2) is 4.79 Å². The lowest BCUT2D eigenvalue weighted by Crippen LogP contribution is -2.47. The summed E-state index contributed by atoms with van der Waals surface area (Å²) in [6.07, 6.45) is 1.49. The molecule has 1 aromatic carbocycles. The highest BCUT2D eigenvalue weighted by atomic mass is 79.9. The van der Waals surface area contributed by atoms with Crippen molar-refractivity contribution in [2.24, 2.45) is 5.92 Å². The molecule has 0 aliphatic carbocycles. The van der Waals surface area contributed by atoms with Crippen molar-refractivity contribution in [2.45, 2.75) is 26.8 Å². The Balaban J connectivity index is 2.23. The Kier molecular flexibility index (Phi) is 5.77. The molecule has 0 fully saturated rings. The van der Waals surface area contributed by atoms with E-state index in [4.69, 9.17) is 4.74 Å². The predicted molar refractivity (Wildman–Crippen MR) is 93.7 cm³/mol. The predicted octanol–water partition coefficient (Wildman–Crippen LogP) is 2.82. The number of amides is 1. The summed E-state index contributed by atoms with van der Waals surface area (Å²) in [6.45, 7) is 5.44. The van der Waals surface area contributed by atoms with Crippen LogP contribution in [0.15, 0.2) is 28.9 Å². The second-order valence-corrected chi connectivity index (χ2v) is 6.58. The summed E-state index contributed by atoms with van der Waals surface area (Å²) in [4.78, 5) is 39.7. The molecule has 0 saturated heterocycles. The third-order valence-electron chi connectivity index (χ3n) is 3.59. The Morgan fingerprint density at radius 1 is 1.29 bits per heavy atom. The van der Waals surface area contributed by atoms with E-state index in [0.717, 1.165) is 9.99 Å². The van der Waals surface area contributed by atoms with Crippen LogP contribution in [0.1, 0.15) is 31.1 Å². The Hall–Kier alpha value is -2.15. The summed E-state index contributed by atoms with van der Waals surface area (Å²) < 4.78 is 5.75. The van der Waals surface area contributed by atoms with Gasteiger partial charge in [-0.1, -0.05) is 29.8 Å². The van der Waals surface area contributed by atoms with Crippen LogP contribution >= 0.6 is 15.9 Å². The first-order valence-corrected chi connectivity index (χ1v) is 8.43. The number of nitrogens with one attached hydrogen (secondary N) is 2. The van der Waals surface area contributed by atoms with Crippen LogP contribution in [0.4, 0.5) is 0 Å². The molecule has 1 heterocycles. The highest BCUT2D eigenvalue weighted by Gasteiger charge is 2.29. The number of rotatable bonds is 6. The Morgan fingerprint density at radius 3 is 2.62 bits per heavy atom. The number of Topliss-reactive ketones (excluding diaryl/α,β-unsaturated/α-hetero) is 1. The van der Waals surface area contributed by atoms with Gasteiger partial charge in [0, 0.05) is 21.6 Å². The van der Waals surface area contributed by atoms with E-state index in [2.05, 4.69) is 26.2 Å². The van der Waals surface area contributed by atoms with Gasteiger partial charge >= 0.3 is 5.97 Å². The van der Waals surface area contributed by atoms with Gasteiger partial charge in [0.05, 0.1) is 12.2 Å². The molecule has 1 atom stereocenters. The van der Waals surface area contributed by atoms with Crippen molar-refractivity contribution >= 4 is 44.5 Å². The van der Waals surface area contributed by atoms with Crippen LogP contribution in [0.2, 0.25) is 0 Å². The topological polar surface area (TPSA) is 88.3 Å². The van der Waals surface area contributed by atoms with E-state index in [0.29, 0.717) is 5.39 Å². The van der Waals surface area contributed by atoms with Gasteiger partial charge in [0.25, 0.3) is 11.7 Å². The molecule has 2 N–H and O–H groups in total. The van der Waals surface area contributed by atoms with E-state index in [1.54, 1.807) is 26.8 Å². The SMILES string of the molecule is CCOC(=O)C(NC(=O)C(=O)c1c[nH]c2ccc(Br)cc12)C(C)C. The van der Waals surface area contributed by atoms with Gasteiger partial charge in [0.1, 0.15) is 6.04 Å². The van der Waals surface area contributed by atoms with Gasteiger partial charge in [0.15, 0.2) is 0 Å². The van der Waals surface area contributed by atoms with Crippen molar-refractivity contribution in [3.8, 4) is 0 Å². The summed E-state index contributed by atoms with van der Waals surface area (Å²) >= 11 is 3.35. The van der Waals surface area contributed by atoms with E-state index < -0.39 is 23.7 Å². The molecule has 2 rings (SSSR count). The summed E-state index contributed by atoms with van der Waals surface area (Å²) in [5, 5.41) is 3.12. The molecule has 2 aromatic rings. The zero-order valence-electron chi connectivity index (χ0n) is 13.7. The van der Waals surface area contributed by atoms with Gasteiger partial charge in [-0.2, -0.15) is 0 Å². The second kappa shape index (κ2) is 7.61. The molecule has 6 nitrogen and oxygen atoms in total. The largest absolute Gasteiger partial charge is 0.464 e. The molecule has 0 saturated carbocycles. The number of aromatic amines is 1. The molecule has 0 spiro atoms. The van der Waals surface area contributed by atoms with Crippen LogP contribution in [-0.4, -0.2) is 35.3 Å². The molecule has 0 aliphatic heterocycles. The maximum atomic E-state index is 12.5. The van der Waals surface area contributed by atoms with Crippen molar-refractivity contribution < 1.29 is 19.1 Å². The molecule has 128 valence electrons. The Bertz CT molecular complexity index is 782. The van der Waals surface area contributed by atoms with Gasteiger partial charge in [0.2, 0.25) is 0 Å². The molecular formula is C17H19BrN2O4. The lowest BCUT2D eigenvalue weighted by Gasteiger charge is -2.19. The zero-order valence-corrected chi connectivity index (χ0v) is 15.3. The van der Waals surface area contributed by atoms with E-state index in [-0.39, 0.29) is 18.1 Å². The minimum atomic E-state index is -0.863. The van der Waals surface area contributed by atoms with Crippen LogP contribution < -0.4 is 5.32 Å². The Morgan fingerprint density at radius 2 is 2.00 bits per heavy atom. The number of hydrogen-bond donors (Lipinski definition) is 2. The van der Waals surface area contributed by atoms with Crippen molar-refractivity contribution in [3.05, 3.63) is 34.4 Å². The first-order valence-electron chi connectivity index (χ1n) is 7.63. The number of carbonyl (C=O) groups is 3. The van der Waals surface area contributed by atoms with Crippen LogP contribution in [0, 0.1) is 5.92 Å². The third-order valence-corrected chi connectivity index (χ3v) is 4.08. The average Bonchev–Trinajstić information content (AvgIpc) is 2.94. The fourth-order valence-corrected chi connectivity index (χ4v) is 2.70. The molecule has 0 bridgehead atoms. The van der Waals surface area contributed by atoms with Gasteiger partial charge < -0.3 is 15.0 Å². The maximum absolute atomic E-state index is 12.5. The lowest BCUT2D eigenvalue weighted by molar-refractivity contribution is -0.148. The highest BCUT2D eigenvalue weighted by Crippen LogP contribution is 2.23. The van der Waals surface area contributed by atoms with Crippen LogP contribution in [-0.2, 0) is 14.3 Å². The Labute approximate surface area is 148 Å². The number of hydrogen-bond acceptors (Lipinski definition) is 4. The zero-order chi connectivity index (χ0) is 17.9. The molecule has 0 radical (unpaired) electrons. The van der Waals surface area contributed by atoms with Gasteiger partial charge in [-0.05, 0) is 31.0 Å². The maximum Gasteiger partial charge on any atom is 0.328 e. The molecular weight excluding hydrogens is 376 g/mol. The van der Waals surface area contributed by atoms with E-state index in [9.17, 15) is 14.4 Å². The standard InChI is InChI=1S/C17H19BrN2O4/c1-4-24-17(23)14(9(2)3)20-16(22)15(21)12-8-19-13-6-5-10(18)7-11(12)13/h5-9,14,19H,4H2,1-3H3,(H,20,22). The smallest absolute Gasteiger partial charge is 0.328 e. The molecule has 1 amide bonds. The fourth-order valence-electron chi connectivity index (χ4n) is 2.34. The molecule has 24 heavy (non-hydrogen) atoms. The number of ether oxygens (including phenoxy) is 1. The van der Waals surface area contributed by atoms with Crippen molar-refractivity contribution in [1.29, 1.82) is 0 Å².